The number of carbonyl (C=O) groups excluding carboxylic acids is 1. The van der Waals surface area contributed by atoms with Crippen LogP contribution < -0.4 is 16.5 Å². The summed E-state index contributed by atoms with van der Waals surface area (Å²) in [6.07, 6.45) is 1.64. The minimum atomic E-state index is -0.439. The van der Waals surface area contributed by atoms with E-state index in [1.165, 1.54) is 6.07 Å². The van der Waals surface area contributed by atoms with Crippen molar-refractivity contribution in [3.8, 4) is 0 Å². The Bertz CT molecular complexity index is 689. The first-order chi connectivity index (χ1) is 9.43. The van der Waals surface area contributed by atoms with E-state index in [2.05, 4.69) is 5.32 Å². The highest BCUT2D eigenvalue weighted by atomic mass is 16.2. The molecule has 0 saturated heterocycles. The molecule has 0 spiro atoms. The van der Waals surface area contributed by atoms with Gasteiger partial charge in [-0.1, -0.05) is 12.1 Å². The van der Waals surface area contributed by atoms with Gasteiger partial charge in [0.2, 0.25) is 5.91 Å². The van der Waals surface area contributed by atoms with Crippen LogP contribution in [0.5, 0.6) is 0 Å². The zero-order chi connectivity index (χ0) is 14.8. The van der Waals surface area contributed by atoms with Crippen LogP contribution in [0.4, 0.5) is 0 Å². The molecule has 5 nitrogen and oxygen atoms in total. The summed E-state index contributed by atoms with van der Waals surface area (Å²) >= 11 is 0. The molecule has 106 valence electrons. The van der Waals surface area contributed by atoms with Crippen molar-refractivity contribution in [3.05, 3.63) is 46.8 Å². The molecular formula is C15H19N3O2. The molecule has 0 bridgehead atoms. The quantitative estimate of drug-likeness (QED) is 0.867. The molecule has 1 aromatic heterocycles. The van der Waals surface area contributed by atoms with E-state index in [-0.39, 0.29) is 17.9 Å². The van der Waals surface area contributed by atoms with Crippen LogP contribution in [0.25, 0.3) is 10.9 Å². The summed E-state index contributed by atoms with van der Waals surface area (Å²) in [7, 11) is 0. The van der Waals surface area contributed by atoms with E-state index < -0.39 is 5.54 Å². The average molecular weight is 273 g/mol. The smallest absolute Gasteiger partial charge is 0.240 e. The monoisotopic (exact) mass is 273 g/mol. The molecule has 0 atom stereocenters. The lowest BCUT2D eigenvalue weighted by molar-refractivity contribution is -0.123. The van der Waals surface area contributed by atoms with Gasteiger partial charge in [0.1, 0.15) is 6.54 Å². The first kappa shape index (κ1) is 14.3. The molecule has 5 heteroatoms. The van der Waals surface area contributed by atoms with Gasteiger partial charge in [-0.2, -0.15) is 0 Å². The van der Waals surface area contributed by atoms with Crippen LogP contribution in [0.2, 0.25) is 0 Å². The van der Waals surface area contributed by atoms with Crippen LogP contribution in [0.15, 0.2) is 41.3 Å². The topological polar surface area (TPSA) is 77.1 Å². The van der Waals surface area contributed by atoms with Crippen LogP contribution >= 0.6 is 0 Å². The van der Waals surface area contributed by atoms with Crippen molar-refractivity contribution in [2.24, 2.45) is 5.73 Å². The predicted octanol–water partition coefficient (Wildman–Crippen LogP) is 0.855. The fourth-order valence-electron chi connectivity index (χ4n) is 2.02. The van der Waals surface area contributed by atoms with Gasteiger partial charge in [0.15, 0.2) is 5.43 Å². The number of hydrogen-bond acceptors (Lipinski definition) is 3. The lowest BCUT2D eigenvalue weighted by atomic mass is 10.1. The maximum absolute atomic E-state index is 12.0. The van der Waals surface area contributed by atoms with Crippen molar-refractivity contribution in [2.45, 2.75) is 25.9 Å². The molecule has 0 aliphatic carbocycles. The standard InChI is InChI=1S/C15H19N3O2/c1-15(2,10-16)17-14(20)9-18-8-7-13(19)11-5-3-4-6-12(11)18/h3-8H,9-10,16H2,1-2H3,(H,17,20). The summed E-state index contributed by atoms with van der Waals surface area (Å²) in [5, 5.41) is 3.48. The number of para-hydroxylation sites is 1. The summed E-state index contributed by atoms with van der Waals surface area (Å²) in [4.78, 5) is 23.8. The Kier molecular flexibility index (Phi) is 3.90. The van der Waals surface area contributed by atoms with Crippen molar-refractivity contribution in [3.63, 3.8) is 0 Å². The number of aromatic nitrogens is 1. The lowest BCUT2D eigenvalue weighted by Gasteiger charge is -2.24. The summed E-state index contributed by atoms with van der Waals surface area (Å²) in [5.74, 6) is -0.130. The summed E-state index contributed by atoms with van der Waals surface area (Å²) < 4.78 is 1.76. The second-order valence-corrected chi connectivity index (χ2v) is 5.46. The van der Waals surface area contributed by atoms with E-state index in [4.69, 9.17) is 5.73 Å². The number of nitrogens with zero attached hydrogens (tertiary/aromatic N) is 1. The van der Waals surface area contributed by atoms with Gasteiger partial charge >= 0.3 is 0 Å². The number of carbonyl (C=O) groups is 1. The molecule has 0 unspecified atom stereocenters. The lowest BCUT2D eigenvalue weighted by Crippen LogP contribution is -2.49. The summed E-state index contributed by atoms with van der Waals surface area (Å²) in [6.45, 7) is 4.26. The highest BCUT2D eigenvalue weighted by Crippen LogP contribution is 2.09. The number of nitrogens with two attached hydrogens (primary N) is 1. The number of rotatable bonds is 4. The second-order valence-electron chi connectivity index (χ2n) is 5.46. The van der Waals surface area contributed by atoms with E-state index in [1.807, 2.05) is 32.0 Å². The Morgan fingerprint density at radius 2 is 2.00 bits per heavy atom. The van der Waals surface area contributed by atoms with E-state index in [0.717, 1.165) is 5.52 Å². The molecule has 2 aromatic rings. The van der Waals surface area contributed by atoms with E-state index in [1.54, 1.807) is 16.8 Å². The van der Waals surface area contributed by atoms with Gasteiger partial charge in [0.25, 0.3) is 0 Å². The average Bonchev–Trinajstić information content (AvgIpc) is 2.42. The molecule has 1 heterocycles. The Labute approximate surface area is 117 Å². The Hall–Kier alpha value is -2.14. The van der Waals surface area contributed by atoms with Crippen molar-refractivity contribution < 1.29 is 4.79 Å². The van der Waals surface area contributed by atoms with Crippen LogP contribution in [-0.4, -0.2) is 22.6 Å². The van der Waals surface area contributed by atoms with E-state index in [0.29, 0.717) is 11.9 Å². The Balaban J connectivity index is 2.29. The number of benzene rings is 1. The van der Waals surface area contributed by atoms with Crippen molar-refractivity contribution in [1.82, 2.24) is 9.88 Å². The molecular weight excluding hydrogens is 254 g/mol. The number of amides is 1. The third-order valence-electron chi connectivity index (χ3n) is 3.19. The maximum Gasteiger partial charge on any atom is 0.240 e. The fourth-order valence-corrected chi connectivity index (χ4v) is 2.02. The minimum absolute atomic E-state index is 0.0421. The zero-order valence-electron chi connectivity index (χ0n) is 11.7. The first-order valence-corrected chi connectivity index (χ1v) is 6.52. The van der Waals surface area contributed by atoms with Gasteiger partial charge < -0.3 is 15.6 Å². The maximum atomic E-state index is 12.0. The second kappa shape index (κ2) is 5.46. The fraction of sp³-hybridized carbons (Fsp3) is 0.333. The molecule has 1 amide bonds. The molecule has 0 aliphatic heterocycles. The predicted molar refractivity (Wildman–Crippen MR) is 79.5 cm³/mol. The number of hydrogen-bond donors (Lipinski definition) is 2. The Morgan fingerprint density at radius 3 is 2.70 bits per heavy atom. The zero-order valence-corrected chi connectivity index (χ0v) is 11.7. The largest absolute Gasteiger partial charge is 0.348 e. The van der Waals surface area contributed by atoms with Gasteiger partial charge in [-0.15, -0.1) is 0 Å². The summed E-state index contributed by atoms with van der Waals surface area (Å²) in [5.41, 5.74) is 5.87. The van der Waals surface area contributed by atoms with Crippen LogP contribution in [-0.2, 0) is 11.3 Å². The molecule has 0 fully saturated rings. The molecule has 0 saturated carbocycles. The van der Waals surface area contributed by atoms with Crippen LogP contribution in [0.3, 0.4) is 0 Å². The minimum Gasteiger partial charge on any atom is -0.348 e. The highest BCUT2D eigenvalue weighted by Gasteiger charge is 2.18. The molecule has 3 N–H and O–H groups in total. The van der Waals surface area contributed by atoms with E-state index >= 15 is 0 Å². The van der Waals surface area contributed by atoms with Gasteiger partial charge in [-0.05, 0) is 26.0 Å². The van der Waals surface area contributed by atoms with Crippen molar-refractivity contribution in [1.29, 1.82) is 0 Å². The number of nitrogens with one attached hydrogen (secondary N) is 1. The number of pyridine rings is 1. The first-order valence-electron chi connectivity index (χ1n) is 6.52. The molecule has 1 aromatic carbocycles. The van der Waals surface area contributed by atoms with Gasteiger partial charge in [0, 0.05) is 29.7 Å². The van der Waals surface area contributed by atoms with Crippen molar-refractivity contribution in [2.75, 3.05) is 6.54 Å². The highest BCUT2D eigenvalue weighted by molar-refractivity contribution is 5.82. The normalized spacial score (nSPS) is 11.6. The third-order valence-corrected chi connectivity index (χ3v) is 3.19. The van der Waals surface area contributed by atoms with Crippen LogP contribution in [0, 0.1) is 0 Å². The van der Waals surface area contributed by atoms with Gasteiger partial charge in [0.05, 0.1) is 5.52 Å². The molecule has 0 radical (unpaired) electrons. The SMILES string of the molecule is CC(C)(CN)NC(=O)Cn1ccc(=O)c2ccccc21. The Morgan fingerprint density at radius 1 is 1.30 bits per heavy atom. The molecule has 2 rings (SSSR count). The molecule has 20 heavy (non-hydrogen) atoms. The summed E-state index contributed by atoms with van der Waals surface area (Å²) in [6, 6.07) is 8.73. The van der Waals surface area contributed by atoms with E-state index in [9.17, 15) is 9.59 Å². The third kappa shape index (κ3) is 3.05. The van der Waals surface area contributed by atoms with Gasteiger partial charge in [-0.3, -0.25) is 9.59 Å². The van der Waals surface area contributed by atoms with Crippen LogP contribution in [0.1, 0.15) is 13.8 Å². The van der Waals surface area contributed by atoms with Gasteiger partial charge in [-0.25, -0.2) is 0 Å². The van der Waals surface area contributed by atoms with Crippen molar-refractivity contribution >= 4 is 16.8 Å². The molecule has 0 aliphatic rings. The number of fused-ring (bicyclic) bond motifs is 1.